The highest BCUT2D eigenvalue weighted by Gasteiger charge is 2.28. The van der Waals surface area contributed by atoms with Crippen molar-refractivity contribution < 1.29 is 31.5 Å². The lowest BCUT2D eigenvalue weighted by atomic mass is 10.1. The second-order valence-electron chi connectivity index (χ2n) is 6.32. The molecule has 5 nitrogen and oxygen atoms in total. The second kappa shape index (κ2) is 9.20. The second-order valence-corrected chi connectivity index (χ2v) is 6.32. The number of nitrogens with zero attached hydrogens (tertiary/aromatic N) is 2. The van der Waals surface area contributed by atoms with E-state index in [0.717, 1.165) is 0 Å². The van der Waals surface area contributed by atoms with Crippen molar-refractivity contribution in [2.75, 3.05) is 39.3 Å². The molecule has 0 aliphatic carbocycles. The molecular weight excluding hydrogens is 373 g/mol. The summed E-state index contributed by atoms with van der Waals surface area (Å²) < 4.78 is 65.8. The summed E-state index contributed by atoms with van der Waals surface area (Å²) in [5.74, 6) is 0.0877. The normalized spacial score (nSPS) is 17.1. The molecule has 10 heteroatoms. The third-order valence-electron chi connectivity index (χ3n) is 4.18. The molecule has 1 aliphatic rings. The fourth-order valence-corrected chi connectivity index (χ4v) is 2.71. The van der Waals surface area contributed by atoms with Gasteiger partial charge in [-0.15, -0.1) is 0 Å². The van der Waals surface area contributed by atoms with E-state index in [1.165, 1.54) is 12.1 Å². The van der Waals surface area contributed by atoms with Crippen LogP contribution in [0.25, 0.3) is 0 Å². The third-order valence-corrected chi connectivity index (χ3v) is 4.18. The number of halogens is 5. The Labute approximate surface area is 154 Å². The summed E-state index contributed by atoms with van der Waals surface area (Å²) in [6, 6.07) is 5.30. The highest BCUT2D eigenvalue weighted by Crippen LogP contribution is 2.21. The van der Waals surface area contributed by atoms with Crippen LogP contribution in [0.5, 0.6) is 5.75 Å². The minimum Gasteiger partial charge on any atom is -0.484 e. The van der Waals surface area contributed by atoms with Crippen LogP contribution >= 0.6 is 0 Å². The van der Waals surface area contributed by atoms with Crippen molar-refractivity contribution in [3.8, 4) is 5.75 Å². The SMILES string of the molecule is CC(NC(=O)N1CCN(CC(F)F)CC1)c1ccc(OCC(F)(F)F)cc1. The summed E-state index contributed by atoms with van der Waals surface area (Å²) in [4.78, 5) is 15.5. The first-order valence-electron chi connectivity index (χ1n) is 8.49. The first-order chi connectivity index (χ1) is 12.6. The molecule has 1 aliphatic heterocycles. The molecule has 0 bridgehead atoms. The standard InChI is InChI=1S/C17H22F5N3O2/c1-12(13-2-4-14(5-3-13)27-11-17(20,21)22)23-16(26)25-8-6-24(7-9-25)10-15(18)19/h2-5,12,15H,6-11H2,1H3,(H,23,26). The molecule has 1 aromatic rings. The Morgan fingerprint density at radius 3 is 2.26 bits per heavy atom. The first-order valence-corrected chi connectivity index (χ1v) is 8.49. The minimum atomic E-state index is -4.40. The summed E-state index contributed by atoms with van der Waals surface area (Å²) in [5.41, 5.74) is 0.707. The van der Waals surface area contributed by atoms with Crippen molar-refractivity contribution in [2.45, 2.75) is 25.6 Å². The molecule has 2 amide bonds. The third kappa shape index (κ3) is 7.20. The number of hydrogen-bond donors (Lipinski definition) is 1. The molecule has 0 saturated carbocycles. The van der Waals surface area contributed by atoms with Gasteiger partial charge in [0.25, 0.3) is 6.43 Å². The maximum absolute atomic E-state index is 12.4. The Bertz CT molecular complexity index is 602. The molecule has 1 heterocycles. The first kappa shape index (κ1) is 21.2. The van der Waals surface area contributed by atoms with Crippen LogP contribution in [0, 0.1) is 0 Å². The molecule has 1 saturated heterocycles. The summed E-state index contributed by atoms with van der Waals surface area (Å²) >= 11 is 0. The minimum absolute atomic E-state index is 0.0877. The van der Waals surface area contributed by atoms with E-state index in [9.17, 15) is 26.7 Å². The fraction of sp³-hybridized carbons (Fsp3) is 0.588. The van der Waals surface area contributed by atoms with E-state index in [-0.39, 0.29) is 24.4 Å². The molecule has 1 atom stereocenters. The highest BCUT2D eigenvalue weighted by atomic mass is 19.4. The van der Waals surface area contributed by atoms with Crippen molar-refractivity contribution in [2.24, 2.45) is 0 Å². The topological polar surface area (TPSA) is 44.8 Å². The average molecular weight is 395 g/mol. The van der Waals surface area contributed by atoms with Crippen LogP contribution in [-0.4, -0.2) is 67.8 Å². The van der Waals surface area contributed by atoms with Gasteiger partial charge < -0.3 is 15.0 Å². The van der Waals surface area contributed by atoms with E-state index in [4.69, 9.17) is 0 Å². The molecule has 1 aromatic carbocycles. The molecule has 2 rings (SSSR count). The van der Waals surface area contributed by atoms with Crippen molar-refractivity contribution >= 4 is 6.03 Å². The largest absolute Gasteiger partial charge is 0.484 e. The van der Waals surface area contributed by atoms with Gasteiger partial charge in [-0.25, -0.2) is 13.6 Å². The Balaban J connectivity index is 1.80. The molecule has 27 heavy (non-hydrogen) atoms. The van der Waals surface area contributed by atoms with Gasteiger partial charge in [0.15, 0.2) is 6.61 Å². The number of nitrogens with one attached hydrogen (secondary N) is 1. The lowest BCUT2D eigenvalue weighted by molar-refractivity contribution is -0.153. The van der Waals surface area contributed by atoms with E-state index < -0.39 is 19.2 Å². The molecule has 0 radical (unpaired) electrons. The highest BCUT2D eigenvalue weighted by molar-refractivity contribution is 5.74. The van der Waals surface area contributed by atoms with Crippen LogP contribution in [-0.2, 0) is 0 Å². The monoisotopic (exact) mass is 395 g/mol. The Kier molecular flexibility index (Phi) is 7.23. The van der Waals surface area contributed by atoms with Gasteiger partial charge in [-0.2, -0.15) is 13.2 Å². The van der Waals surface area contributed by atoms with Gasteiger partial charge in [0.05, 0.1) is 12.6 Å². The van der Waals surface area contributed by atoms with Gasteiger partial charge in [0.2, 0.25) is 0 Å². The van der Waals surface area contributed by atoms with E-state index in [2.05, 4.69) is 10.1 Å². The lowest BCUT2D eigenvalue weighted by Crippen LogP contribution is -2.52. The van der Waals surface area contributed by atoms with E-state index >= 15 is 0 Å². The molecule has 0 spiro atoms. The number of alkyl halides is 5. The molecule has 1 unspecified atom stereocenters. The van der Waals surface area contributed by atoms with Crippen molar-refractivity contribution in [1.82, 2.24) is 15.1 Å². The fourth-order valence-electron chi connectivity index (χ4n) is 2.71. The summed E-state index contributed by atoms with van der Waals surface area (Å²) in [5, 5.41) is 2.80. The molecule has 1 N–H and O–H groups in total. The Hall–Kier alpha value is -2.10. The van der Waals surface area contributed by atoms with Gasteiger partial charge >= 0.3 is 12.2 Å². The maximum Gasteiger partial charge on any atom is 0.422 e. The predicted molar refractivity (Wildman–Crippen MR) is 89.0 cm³/mol. The van der Waals surface area contributed by atoms with Gasteiger partial charge in [-0.3, -0.25) is 4.90 Å². The van der Waals surface area contributed by atoms with Crippen molar-refractivity contribution in [1.29, 1.82) is 0 Å². The van der Waals surface area contributed by atoms with Crippen LogP contribution in [0.4, 0.5) is 26.7 Å². The van der Waals surface area contributed by atoms with Crippen LogP contribution in [0.3, 0.4) is 0 Å². The van der Waals surface area contributed by atoms with Crippen LogP contribution in [0.15, 0.2) is 24.3 Å². The number of benzene rings is 1. The number of carbonyl (C=O) groups is 1. The van der Waals surface area contributed by atoms with E-state index in [1.54, 1.807) is 28.9 Å². The van der Waals surface area contributed by atoms with E-state index in [1.807, 2.05) is 0 Å². The number of amides is 2. The van der Waals surface area contributed by atoms with E-state index in [0.29, 0.717) is 31.7 Å². The average Bonchev–Trinajstić information content (AvgIpc) is 2.59. The smallest absolute Gasteiger partial charge is 0.422 e. The summed E-state index contributed by atoms with van der Waals surface area (Å²) in [7, 11) is 0. The number of ether oxygens (including phenoxy) is 1. The Morgan fingerprint density at radius 1 is 1.15 bits per heavy atom. The summed E-state index contributed by atoms with van der Waals surface area (Å²) in [6.07, 6.45) is -6.80. The van der Waals surface area contributed by atoms with Crippen LogP contribution < -0.4 is 10.1 Å². The maximum atomic E-state index is 12.4. The molecule has 152 valence electrons. The number of carbonyl (C=O) groups excluding carboxylic acids is 1. The van der Waals surface area contributed by atoms with Gasteiger partial charge in [-0.1, -0.05) is 12.1 Å². The van der Waals surface area contributed by atoms with Crippen molar-refractivity contribution in [3.63, 3.8) is 0 Å². The molecular formula is C17H22F5N3O2. The zero-order valence-corrected chi connectivity index (χ0v) is 14.8. The van der Waals surface area contributed by atoms with Gasteiger partial charge in [0.1, 0.15) is 5.75 Å². The van der Waals surface area contributed by atoms with Crippen molar-refractivity contribution in [3.05, 3.63) is 29.8 Å². The Morgan fingerprint density at radius 2 is 1.74 bits per heavy atom. The zero-order chi connectivity index (χ0) is 20.0. The zero-order valence-electron chi connectivity index (χ0n) is 14.8. The molecule has 0 aromatic heterocycles. The number of urea groups is 1. The quantitative estimate of drug-likeness (QED) is 0.752. The van der Waals surface area contributed by atoms with Gasteiger partial charge in [0, 0.05) is 26.2 Å². The summed E-state index contributed by atoms with van der Waals surface area (Å²) in [6.45, 7) is 1.57. The predicted octanol–water partition coefficient (Wildman–Crippen LogP) is 3.28. The number of rotatable bonds is 6. The van der Waals surface area contributed by atoms with Crippen LogP contribution in [0.2, 0.25) is 0 Å². The number of piperazine rings is 1. The van der Waals surface area contributed by atoms with Crippen LogP contribution in [0.1, 0.15) is 18.5 Å². The lowest BCUT2D eigenvalue weighted by Gasteiger charge is -2.35. The van der Waals surface area contributed by atoms with Gasteiger partial charge in [-0.05, 0) is 24.6 Å². The molecule has 1 fully saturated rings. The number of hydrogen-bond acceptors (Lipinski definition) is 3.